The molecule has 0 N–H and O–H groups in total. The van der Waals surface area contributed by atoms with Crippen molar-refractivity contribution in [1.82, 2.24) is 4.57 Å². The summed E-state index contributed by atoms with van der Waals surface area (Å²) in [4.78, 5) is 0. The summed E-state index contributed by atoms with van der Waals surface area (Å²) in [7, 11) is 0. The third kappa shape index (κ3) is 5.98. The van der Waals surface area contributed by atoms with E-state index < -0.39 is 0 Å². The Hall–Kier alpha value is -7.48. The first-order chi connectivity index (χ1) is 28.2. The third-order valence-corrected chi connectivity index (χ3v) is 11.6. The van der Waals surface area contributed by atoms with E-state index >= 15 is 0 Å². The van der Waals surface area contributed by atoms with Gasteiger partial charge in [0.1, 0.15) is 0 Å². The monoisotopic (exact) mass is 723 g/mol. The molecule has 10 aromatic carbocycles. The van der Waals surface area contributed by atoms with Crippen LogP contribution in [0.3, 0.4) is 0 Å². The van der Waals surface area contributed by atoms with Crippen LogP contribution in [-0.2, 0) is 0 Å². The SMILES string of the molecule is c1ccc(-c2ccc(-n3c4ccc(-c5ccc(-c6ccc7cc(-c8ccc9ccccc9c8)ccc7c6)cc5)cc4c4ccc(-c5ccccc5)cc43)cc2)cc1. The summed E-state index contributed by atoms with van der Waals surface area (Å²) in [5.74, 6) is 0. The van der Waals surface area contributed by atoms with Crippen LogP contribution in [0.1, 0.15) is 0 Å². The number of hydrogen-bond acceptors (Lipinski definition) is 0. The minimum absolute atomic E-state index is 1.15. The first kappa shape index (κ1) is 32.9. The van der Waals surface area contributed by atoms with Crippen molar-refractivity contribution >= 4 is 43.4 Å². The Labute approximate surface area is 332 Å². The lowest BCUT2D eigenvalue weighted by Gasteiger charge is -2.11. The average molecular weight is 724 g/mol. The summed E-state index contributed by atoms with van der Waals surface area (Å²) in [6.07, 6.45) is 0. The second-order valence-electron chi connectivity index (χ2n) is 15.0. The Balaban J connectivity index is 0.938. The molecule has 1 heteroatoms. The van der Waals surface area contributed by atoms with Gasteiger partial charge in [-0.2, -0.15) is 0 Å². The molecule has 0 aliphatic heterocycles. The molecule has 266 valence electrons. The summed E-state index contributed by atoms with van der Waals surface area (Å²) >= 11 is 0. The van der Waals surface area contributed by atoms with Gasteiger partial charge in [-0.3, -0.25) is 0 Å². The second-order valence-corrected chi connectivity index (χ2v) is 15.0. The topological polar surface area (TPSA) is 4.93 Å². The Kier molecular flexibility index (Phi) is 7.89. The average Bonchev–Trinajstić information content (AvgIpc) is 3.62. The Morgan fingerprint density at radius 1 is 0.211 bits per heavy atom. The van der Waals surface area contributed by atoms with E-state index in [9.17, 15) is 0 Å². The number of fused-ring (bicyclic) bond motifs is 5. The quantitative estimate of drug-likeness (QED) is 0.161. The molecule has 0 saturated heterocycles. The van der Waals surface area contributed by atoms with E-state index in [1.54, 1.807) is 0 Å². The largest absolute Gasteiger partial charge is 0.309 e. The van der Waals surface area contributed by atoms with Crippen LogP contribution in [0.15, 0.2) is 224 Å². The van der Waals surface area contributed by atoms with Crippen LogP contribution in [0.4, 0.5) is 0 Å². The molecule has 0 saturated carbocycles. The molecule has 0 atom stereocenters. The highest BCUT2D eigenvalue weighted by molar-refractivity contribution is 6.11. The fourth-order valence-electron chi connectivity index (χ4n) is 8.55. The second kappa shape index (κ2) is 13.7. The van der Waals surface area contributed by atoms with Crippen molar-refractivity contribution in [2.45, 2.75) is 0 Å². The van der Waals surface area contributed by atoms with Crippen molar-refractivity contribution in [3.05, 3.63) is 224 Å². The van der Waals surface area contributed by atoms with Crippen LogP contribution in [0, 0.1) is 0 Å². The lowest BCUT2D eigenvalue weighted by atomic mass is 9.95. The van der Waals surface area contributed by atoms with E-state index in [0.717, 1.165) is 5.69 Å². The van der Waals surface area contributed by atoms with Crippen LogP contribution < -0.4 is 0 Å². The van der Waals surface area contributed by atoms with Gasteiger partial charge in [-0.25, -0.2) is 0 Å². The fraction of sp³-hybridized carbons (Fsp3) is 0. The molecule has 57 heavy (non-hydrogen) atoms. The predicted octanol–water partition coefficient (Wildman–Crippen LogP) is 15.4. The number of aromatic nitrogens is 1. The summed E-state index contributed by atoms with van der Waals surface area (Å²) in [5, 5.41) is 7.52. The number of rotatable bonds is 6. The van der Waals surface area contributed by atoms with Gasteiger partial charge in [-0.15, -0.1) is 0 Å². The summed E-state index contributed by atoms with van der Waals surface area (Å²) < 4.78 is 2.42. The maximum Gasteiger partial charge on any atom is 0.0547 e. The number of hydrogen-bond donors (Lipinski definition) is 0. The van der Waals surface area contributed by atoms with Crippen LogP contribution in [-0.4, -0.2) is 4.57 Å². The molecule has 1 aromatic heterocycles. The lowest BCUT2D eigenvalue weighted by Crippen LogP contribution is -1.94. The molecule has 0 amide bonds. The molecule has 11 rings (SSSR count). The van der Waals surface area contributed by atoms with E-state index in [4.69, 9.17) is 0 Å². The molecule has 0 unspecified atom stereocenters. The predicted molar refractivity (Wildman–Crippen MR) is 243 cm³/mol. The van der Waals surface area contributed by atoms with Gasteiger partial charge in [0.25, 0.3) is 0 Å². The van der Waals surface area contributed by atoms with Gasteiger partial charge in [0.2, 0.25) is 0 Å². The molecule has 0 spiro atoms. The standard InChI is InChI=1S/C56H37N/c1-3-9-38(10-4-1)41-25-29-52(30-26-41)57-55-32-28-50(36-54(55)53-31-27-51(37-56(53)57)39-11-5-2-6-12-39)43-17-15-42(16-18-43)45-21-22-48-35-49(24-23-47(48)34-45)46-20-19-40-13-7-8-14-44(40)33-46/h1-37H. The van der Waals surface area contributed by atoms with Crippen LogP contribution in [0.5, 0.6) is 0 Å². The van der Waals surface area contributed by atoms with Gasteiger partial charge >= 0.3 is 0 Å². The first-order valence-electron chi connectivity index (χ1n) is 19.7. The van der Waals surface area contributed by atoms with Crippen LogP contribution >= 0.6 is 0 Å². The maximum atomic E-state index is 2.42. The summed E-state index contributed by atoms with van der Waals surface area (Å²) in [6.45, 7) is 0. The molecular weight excluding hydrogens is 687 g/mol. The lowest BCUT2D eigenvalue weighted by molar-refractivity contribution is 1.18. The molecule has 0 radical (unpaired) electrons. The maximum absolute atomic E-state index is 2.42. The fourth-order valence-corrected chi connectivity index (χ4v) is 8.55. The van der Waals surface area contributed by atoms with E-state index in [-0.39, 0.29) is 0 Å². The Morgan fingerprint density at radius 3 is 1.23 bits per heavy atom. The molecule has 0 aliphatic carbocycles. The highest BCUT2D eigenvalue weighted by atomic mass is 15.0. The highest BCUT2D eigenvalue weighted by Gasteiger charge is 2.15. The molecular formula is C56H37N. The Bertz CT molecular complexity index is 3240. The van der Waals surface area contributed by atoms with Crippen molar-refractivity contribution in [2.75, 3.05) is 0 Å². The van der Waals surface area contributed by atoms with Crippen molar-refractivity contribution in [1.29, 1.82) is 0 Å². The van der Waals surface area contributed by atoms with Crippen molar-refractivity contribution in [2.24, 2.45) is 0 Å². The van der Waals surface area contributed by atoms with Gasteiger partial charge in [0, 0.05) is 16.5 Å². The molecule has 1 nitrogen and oxygen atoms in total. The van der Waals surface area contributed by atoms with Crippen molar-refractivity contribution in [3.8, 4) is 61.3 Å². The zero-order valence-electron chi connectivity index (χ0n) is 31.3. The van der Waals surface area contributed by atoms with Gasteiger partial charge < -0.3 is 4.57 Å². The third-order valence-electron chi connectivity index (χ3n) is 11.6. The Morgan fingerprint density at radius 2 is 0.596 bits per heavy atom. The minimum Gasteiger partial charge on any atom is -0.309 e. The smallest absolute Gasteiger partial charge is 0.0547 e. The highest BCUT2D eigenvalue weighted by Crippen LogP contribution is 2.38. The molecule has 11 aromatic rings. The number of benzene rings is 10. The number of nitrogens with zero attached hydrogens (tertiary/aromatic N) is 1. The molecule has 0 fully saturated rings. The van der Waals surface area contributed by atoms with Crippen LogP contribution in [0.25, 0.3) is 105 Å². The van der Waals surface area contributed by atoms with Gasteiger partial charge in [0.05, 0.1) is 11.0 Å². The van der Waals surface area contributed by atoms with E-state index in [2.05, 4.69) is 229 Å². The van der Waals surface area contributed by atoms with Gasteiger partial charge in [0.15, 0.2) is 0 Å². The van der Waals surface area contributed by atoms with E-state index in [1.165, 1.54) is 99.0 Å². The molecule has 0 aliphatic rings. The zero-order valence-corrected chi connectivity index (χ0v) is 31.3. The van der Waals surface area contributed by atoms with E-state index in [0.29, 0.717) is 0 Å². The zero-order chi connectivity index (χ0) is 37.7. The first-order valence-corrected chi connectivity index (χ1v) is 19.7. The van der Waals surface area contributed by atoms with Gasteiger partial charge in [-0.05, 0) is 126 Å². The van der Waals surface area contributed by atoms with Crippen molar-refractivity contribution < 1.29 is 0 Å². The normalized spacial score (nSPS) is 11.5. The molecule has 1 heterocycles. The van der Waals surface area contributed by atoms with Crippen molar-refractivity contribution in [3.63, 3.8) is 0 Å². The summed E-state index contributed by atoms with van der Waals surface area (Å²) in [5.41, 5.74) is 15.7. The van der Waals surface area contributed by atoms with Crippen LogP contribution in [0.2, 0.25) is 0 Å². The summed E-state index contributed by atoms with van der Waals surface area (Å²) in [6, 6.07) is 82.0. The van der Waals surface area contributed by atoms with Gasteiger partial charge in [-0.1, -0.05) is 176 Å². The molecule has 0 bridgehead atoms. The minimum atomic E-state index is 1.15. The van der Waals surface area contributed by atoms with E-state index in [1.807, 2.05) is 0 Å².